The molecule has 25 heavy (non-hydrogen) atoms. The van der Waals surface area contributed by atoms with E-state index in [2.05, 4.69) is 66.4 Å². The fraction of sp³-hybridized carbons (Fsp3) is 0.650. The average molecular weight is 349 g/mol. The summed E-state index contributed by atoms with van der Waals surface area (Å²) in [7, 11) is 3.53. The zero-order chi connectivity index (χ0) is 18.7. The van der Waals surface area contributed by atoms with Gasteiger partial charge in [0.1, 0.15) is 0 Å². The van der Waals surface area contributed by atoms with E-state index in [1.165, 1.54) is 11.1 Å². The van der Waals surface area contributed by atoms with Crippen molar-refractivity contribution in [3.8, 4) is 0 Å². The maximum absolute atomic E-state index is 5.26. The smallest absolute Gasteiger partial charge is 0.191 e. The van der Waals surface area contributed by atoms with E-state index in [1.54, 1.807) is 7.11 Å². The molecular weight excluding hydrogens is 312 g/mol. The molecule has 2 N–H and O–H groups in total. The standard InChI is InChI=1S/C20H36N4O/c1-16(2)24(17(3)4)13-9-12-22-20(21-5)23-14-18-10-7-8-11-19(18)15-25-6/h7-8,10-11,16-17H,9,12-15H2,1-6H3,(H2,21,22,23). The highest BCUT2D eigenvalue weighted by Gasteiger charge is 2.12. The molecule has 0 amide bonds. The molecule has 0 aliphatic rings. The molecular formula is C20H36N4O. The van der Waals surface area contributed by atoms with Gasteiger partial charge in [-0.05, 0) is 45.2 Å². The SMILES string of the molecule is CN=C(NCCCN(C(C)C)C(C)C)NCc1ccccc1COC. The third-order valence-corrected chi connectivity index (χ3v) is 4.30. The van der Waals surface area contributed by atoms with Crippen molar-refractivity contribution in [1.82, 2.24) is 15.5 Å². The van der Waals surface area contributed by atoms with Crippen molar-refractivity contribution in [3.63, 3.8) is 0 Å². The van der Waals surface area contributed by atoms with Crippen LogP contribution in [0.3, 0.4) is 0 Å². The number of nitrogens with one attached hydrogen (secondary N) is 2. The monoisotopic (exact) mass is 348 g/mol. The van der Waals surface area contributed by atoms with Crippen molar-refractivity contribution in [2.24, 2.45) is 4.99 Å². The van der Waals surface area contributed by atoms with E-state index in [9.17, 15) is 0 Å². The normalized spacial score (nSPS) is 12.3. The van der Waals surface area contributed by atoms with Gasteiger partial charge >= 0.3 is 0 Å². The third-order valence-electron chi connectivity index (χ3n) is 4.30. The number of guanidine groups is 1. The quantitative estimate of drug-likeness (QED) is 0.388. The van der Waals surface area contributed by atoms with Crippen LogP contribution in [0.2, 0.25) is 0 Å². The first-order chi connectivity index (χ1) is 12.0. The van der Waals surface area contributed by atoms with Gasteiger partial charge in [0.05, 0.1) is 6.61 Å². The van der Waals surface area contributed by atoms with Crippen LogP contribution in [0.25, 0.3) is 0 Å². The lowest BCUT2D eigenvalue weighted by Crippen LogP contribution is -2.41. The van der Waals surface area contributed by atoms with Gasteiger partial charge in [0, 0.05) is 45.9 Å². The molecule has 0 heterocycles. The summed E-state index contributed by atoms with van der Waals surface area (Å²) < 4.78 is 5.26. The van der Waals surface area contributed by atoms with Gasteiger partial charge in [0.25, 0.3) is 0 Å². The van der Waals surface area contributed by atoms with E-state index < -0.39 is 0 Å². The highest BCUT2D eigenvalue weighted by atomic mass is 16.5. The summed E-state index contributed by atoms with van der Waals surface area (Å²) in [5.74, 6) is 0.841. The van der Waals surface area contributed by atoms with E-state index in [0.717, 1.165) is 32.0 Å². The predicted octanol–water partition coefficient (Wildman–Crippen LogP) is 3.01. The third kappa shape index (κ3) is 7.88. The molecule has 0 saturated heterocycles. The van der Waals surface area contributed by atoms with Gasteiger partial charge < -0.3 is 15.4 Å². The Labute approximate surface area is 153 Å². The zero-order valence-corrected chi connectivity index (χ0v) is 16.8. The van der Waals surface area contributed by atoms with Gasteiger partial charge in [0.2, 0.25) is 0 Å². The van der Waals surface area contributed by atoms with Gasteiger partial charge in [0.15, 0.2) is 5.96 Å². The molecule has 5 nitrogen and oxygen atoms in total. The molecule has 0 radical (unpaired) electrons. The number of rotatable bonds is 10. The molecule has 1 aromatic rings. The summed E-state index contributed by atoms with van der Waals surface area (Å²) in [5, 5.41) is 6.79. The van der Waals surface area contributed by atoms with Crippen LogP contribution in [-0.4, -0.2) is 50.2 Å². The summed E-state index contributed by atoms with van der Waals surface area (Å²) >= 11 is 0. The molecule has 0 aliphatic heterocycles. The first kappa shape index (κ1) is 21.5. The average Bonchev–Trinajstić information content (AvgIpc) is 2.58. The van der Waals surface area contributed by atoms with Gasteiger partial charge in [-0.2, -0.15) is 0 Å². The Kier molecular flexibility index (Phi) is 10.2. The lowest BCUT2D eigenvalue weighted by Gasteiger charge is -2.30. The van der Waals surface area contributed by atoms with Crippen LogP contribution in [0.1, 0.15) is 45.2 Å². The summed E-state index contributed by atoms with van der Waals surface area (Å²) in [6.07, 6.45) is 1.09. The second kappa shape index (κ2) is 11.9. The second-order valence-corrected chi connectivity index (χ2v) is 6.83. The van der Waals surface area contributed by atoms with Gasteiger partial charge in [-0.25, -0.2) is 0 Å². The van der Waals surface area contributed by atoms with Crippen LogP contribution in [0.15, 0.2) is 29.3 Å². The molecule has 1 aromatic carbocycles. The molecule has 0 saturated carbocycles. The van der Waals surface area contributed by atoms with Crippen LogP contribution in [0.4, 0.5) is 0 Å². The summed E-state index contributed by atoms with van der Waals surface area (Å²) in [4.78, 5) is 6.83. The van der Waals surface area contributed by atoms with Gasteiger partial charge in [-0.1, -0.05) is 24.3 Å². The minimum Gasteiger partial charge on any atom is -0.380 e. The second-order valence-electron chi connectivity index (χ2n) is 6.83. The van der Waals surface area contributed by atoms with Crippen molar-refractivity contribution in [2.45, 2.75) is 59.4 Å². The lowest BCUT2D eigenvalue weighted by molar-refractivity contribution is 0.173. The number of hydrogen-bond donors (Lipinski definition) is 2. The Morgan fingerprint density at radius 3 is 2.28 bits per heavy atom. The van der Waals surface area contributed by atoms with Crippen LogP contribution >= 0.6 is 0 Å². The van der Waals surface area contributed by atoms with Crippen molar-refractivity contribution < 1.29 is 4.74 Å². The van der Waals surface area contributed by atoms with E-state index in [0.29, 0.717) is 18.7 Å². The maximum atomic E-state index is 5.26. The fourth-order valence-electron chi connectivity index (χ4n) is 3.01. The van der Waals surface area contributed by atoms with E-state index >= 15 is 0 Å². The van der Waals surface area contributed by atoms with Crippen molar-refractivity contribution in [3.05, 3.63) is 35.4 Å². The minimum atomic E-state index is 0.578. The van der Waals surface area contributed by atoms with Gasteiger partial charge in [-0.3, -0.25) is 9.89 Å². The molecule has 1 rings (SSSR count). The van der Waals surface area contributed by atoms with Gasteiger partial charge in [-0.15, -0.1) is 0 Å². The van der Waals surface area contributed by atoms with Crippen molar-refractivity contribution in [1.29, 1.82) is 0 Å². The number of hydrogen-bond acceptors (Lipinski definition) is 3. The molecule has 0 unspecified atom stereocenters. The Bertz CT molecular complexity index is 506. The fourth-order valence-corrected chi connectivity index (χ4v) is 3.01. The van der Waals surface area contributed by atoms with Crippen molar-refractivity contribution in [2.75, 3.05) is 27.2 Å². The summed E-state index contributed by atoms with van der Waals surface area (Å²) in [5.41, 5.74) is 2.44. The lowest BCUT2D eigenvalue weighted by atomic mass is 10.1. The first-order valence-electron chi connectivity index (χ1n) is 9.25. The Morgan fingerprint density at radius 2 is 1.72 bits per heavy atom. The minimum absolute atomic E-state index is 0.578. The molecule has 0 atom stereocenters. The number of aliphatic imine (C=N–C) groups is 1. The van der Waals surface area contributed by atoms with Crippen LogP contribution in [0.5, 0.6) is 0 Å². The summed E-state index contributed by atoms with van der Waals surface area (Å²) in [6, 6.07) is 9.48. The predicted molar refractivity (Wildman–Crippen MR) is 107 cm³/mol. The first-order valence-corrected chi connectivity index (χ1v) is 9.25. The number of nitrogens with zero attached hydrogens (tertiary/aromatic N) is 2. The molecule has 0 aliphatic carbocycles. The number of benzene rings is 1. The molecule has 0 spiro atoms. The van der Waals surface area contributed by atoms with Crippen LogP contribution < -0.4 is 10.6 Å². The molecule has 0 fully saturated rings. The highest BCUT2D eigenvalue weighted by Crippen LogP contribution is 2.09. The Balaban J connectivity index is 2.41. The van der Waals surface area contributed by atoms with Crippen LogP contribution in [0, 0.1) is 0 Å². The molecule has 142 valence electrons. The Hall–Kier alpha value is -1.59. The maximum Gasteiger partial charge on any atom is 0.191 e. The van der Waals surface area contributed by atoms with Crippen molar-refractivity contribution >= 4 is 5.96 Å². The largest absolute Gasteiger partial charge is 0.380 e. The highest BCUT2D eigenvalue weighted by molar-refractivity contribution is 5.79. The molecule has 0 aromatic heterocycles. The van der Waals surface area contributed by atoms with E-state index in [-0.39, 0.29) is 0 Å². The number of methoxy groups -OCH3 is 1. The number of ether oxygens (including phenoxy) is 1. The van der Waals surface area contributed by atoms with E-state index in [4.69, 9.17) is 4.74 Å². The van der Waals surface area contributed by atoms with Crippen LogP contribution in [-0.2, 0) is 17.9 Å². The topological polar surface area (TPSA) is 48.9 Å². The van der Waals surface area contributed by atoms with E-state index in [1.807, 2.05) is 13.1 Å². The molecule has 0 bridgehead atoms. The molecule has 5 heteroatoms. The zero-order valence-electron chi connectivity index (χ0n) is 16.8. The summed E-state index contributed by atoms with van der Waals surface area (Å²) in [6.45, 7) is 12.4. The Morgan fingerprint density at radius 1 is 1.08 bits per heavy atom.